The van der Waals surface area contributed by atoms with Gasteiger partial charge >= 0.3 is 0 Å². The molecule has 0 aliphatic heterocycles. The third kappa shape index (κ3) is 4.79. The molecule has 6 heteroatoms. The summed E-state index contributed by atoms with van der Waals surface area (Å²) in [4.78, 5) is 34.2. The number of benzene rings is 1. The summed E-state index contributed by atoms with van der Waals surface area (Å²) in [5.74, 6) is -1.74. The number of nitrogens with zero attached hydrogens (tertiary/aromatic N) is 1. The van der Waals surface area contributed by atoms with Crippen molar-refractivity contribution in [3.05, 3.63) is 24.3 Å². The van der Waals surface area contributed by atoms with Gasteiger partial charge in [-0.05, 0) is 30.7 Å². The van der Waals surface area contributed by atoms with Gasteiger partial charge in [0.15, 0.2) is 0 Å². The number of hydrogen-bond donors (Lipinski definition) is 1. The summed E-state index contributed by atoms with van der Waals surface area (Å²) < 4.78 is 0. The van der Waals surface area contributed by atoms with Crippen molar-refractivity contribution in [2.24, 2.45) is 0 Å². The number of carbonyl (C=O) groups is 3. The molecule has 102 valence electrons. The lowest BCUT2D eigenvalue weighted by molar-refractivity contribution is -0.305. The van der Waals surface area contributed by atoms with Crippen LogP contribution in [0.4, 0.5) is 11.4 Å². The zero-order chi connectivity index (χ0) is 14.4. The fourth-order valence-electron chi connectivity index (χ4n) is 1.39. The van der Waals surface area contributed by atoms with Crippen LogP contribution in [0.15, 0.2) is 24.3 Å². The number of rotatable bonds is 5. The van der Waals surface area contributed by atoms with Crippen LogP contribution in [0.3, 0.4) is 0 Å². The number of amides is 2. The molecule has 0 saturated carbocycles. The van der Waals surface area contributed by atoms with Gasteiger partial charge in [0.05, 0.1) is 0 Å². The van der Waals surface area contributed by atoms with E-state index in [1.807, 2.05) is 0 Å². The molecule has 0 fully saturated rings. The summed E-state index contributed by atoms with van der Waals surface area (Å²) >= 11 is 0. The maximum atomic E-state index is 11.4. The van der Waals surface area contributed by atoms with Crippen molar-refractivity contribution < 1.29 is 19.5 Å². The lowest BCUT2D eigenvalue weighted by atomic mass is 10.2. The van der Waals surface area contributed by atoms with Gasteiger partial charge < -0.3 is 20.1 Å². The lowest BCUT2D eigenvalue weighted by Crippen LogP contribution is -2.24. The van der Waals surface area contributed by atoms with Crippen molar-refractivity contribution in [2.45, 2.75) is 19.8 Å². The maximum Gasteiger partial charge on any atom is 0.224 e. The summed E-state index contributed by atoms with van der Waals surface area (Å²) in [6, 6.07) is 6.67. The van der Waals surface area contributed by atoms with Gasteiger partial charge in [0.2, 0.25) is 11.8 Å². The van der Waals surface area contributed by atoms with E-state index >= 15 is 0 Å². The van der Waals surface area contributed by atoms with Crippen LogP contribution >= 0.6 is 0 Å². The second-order valence-electron chi connectivity index (χ2n) is 4.05. The monoisotopic (exact) mass is 263 g/mol. The van der Waals surface area contributed by atoms with Gasteiger partial charge in [0, 0.05) is 37.7 Å². The van der Waals surface area contributed by atoms with Crippen molar-refractivity contribution >= 4 is 29.2 Å². The largest absolute Gasteiger partial charge is 0.550 e. The molecule has 1 aromatic rings. The molecule has 0 atom stereocenters. The molecule has 6 nitrogen and oxygen atoms in total. The van der Waals surface area contributed by atoms with Crippen LogP contribution in [-0.2, 0) is 14.4 Å². The molecular formula is C13H15N2O4-. The number of carboxylic acid groups (broad SMARTS) is 1. The SMILES string of the molecule is CC(=O)N(C)c1ccc(NC(=O)CCC(=O)[O-])cc1. The standard InChI is InChI=1S/C13H16N2O4/c1-9(16)15(2)11-5-3-10(4-6-11)14-12(17)7-8-13(18)19/h3-6H,7-8H2,1-2H3,(H,14,17)(H,18,19)/p-1. The Kier molecular flexibility index (Phi) is 5.05. The summed E-state index contributed by atoms with van der Waals surface area (Å²) in [5.41, 5.74) is 1.25. The van der Waals surface area contributed by atoms with E-state index in [0.29, 0.717) is 11.4 Å². The number of nitrogens with one attached hydrogen (secondary N) is 1. The van der Waals surface area contributed by atoms with Gasteiger partial charge in [0.25, 0.3) is 0 Å². The fraction of sp³-hybridized carbons (Fsp3) is 0.308. The zero-order valence-electron chi connectivity index (χ0n) is 10.8. The minimum Gasteiger partial charge on any atom is -0.550 e. The Labute approximate surface area is 111 Å². The van der Waals surface area contributed by atoms with Crippen molar-refractivity contribution in [3.8, 4) is 0 Å². The van der Waals surface area contributed by atoms with E-state index < -0.39 is 11.9 Å². The highest BCUT2D eigenvalue weighted by atomic mass is 16.4. The van der Waals surface area contributed by atoms with Crippen molar-refractivity contribution in [2.75, 3.05) is 17.3 Å². The molecular weight excluding hydrogens is 248 g/mol. The zero-order valence-corrected chi connectivity index (χ0v) is 10.8. The van der Waals surface area contributed by atoms with Crippen LogP contribution in [0.2, 0.25) is 0 Å². The molecule has 0 unspecified atom stereocenters. The number of carboxylic acids is 1. The molecule has 0 aromatic heterocycles. The summed E-state index contributed by atoms with van der Waals surface area (Å²) in [6.07, 6.45) is -0.436. The van der Waals surface area contributed by atoms with E-state index in [2.05, 4.69) is 5.32 Å². The first-order valence-electron chi connectivity index (χ1n) is 5.74. The van der Waals surface area contributed by atoms with Gasteiger partial charge in [-0.25, -0.2) is 0 Å². The minimum absolute atomic E-state index is 0.0919. The highest BCUT2D eigenvalue weighted by Crippen LogP contribution is 2.17. The average Bonchev–Trinajstić information content (AvgIpc) is 2.36. The summed E-state index contributed by atoms with van der Waals surface area (Å²) in [6.45, 7) is 1.45. The quantitative estimate of drug-likeness (QED) is 0.818. The highest BCUT2D eigenvalue weighted by Gasteiger charge is 2.06. The third-order valence-electron chi connectivity index (χ3n) is 2.57. The average molecular weight is 263 g/mol. The Bertz CT molecular complexity index is 482. The van der Waals surface area contributed by atoms with Gasteiger partial charge in [-0.3, -0.25) is 9.59 Å². The first-order valence-corrected chi connectivity index (χ1v) is 5.74. The molecule has 0 aliphatic rings. The van der Waals surface area contributed by atoms with Crippen LogP contribution in [-0.4, -0.2) is 24.8 Å². The molecule has 0 bridgehead atoms. The van der Waals surface area contributed by atoms with Gasteiger partial charge in [0.1, 0.15) is 0 Å². The third-order valence-corrected chi connectivity index (χ3v) is 2.57. The predicted molar refractivity (Wildman–Crippen MR) is 68.4 cm³/mol. The van der Waals surface area contributed by atoms with Gasteiger partial charge in [-0.1, -0.05) is 0 Å². The van der Waals surface area contributed by atoms with Crippen LogP contribution in [0.25, 0.3) is 0 Å². The summed E-state index contributed by atoms with van der Waals surface area (Å²) in [7, 11) is 1.65. The van der Waals surface area contributed by atoms with Crippen molar-refractivity contribution in [1.82, 2.24) is 0 Å². The molecule has 0 radical (unpaired) electrons. The maximum absolute atomic E-state index is 11.4. The molecule has 0 saturated heterocycles. The van der Waals surface area contributed by atoms with Crippen molar-refractivity contribution in [3.63, 3.8) is 0 Å². The number of anilines is 2. The molecule has 0 heterocycles. The van der Waals surface area contributed by atoms with E-state index in [0.717, 1.165) is 0 Å². The molecule has 2 amide bonds. The normalized spacial score (nSPS) is 9.79. The van der Waals surface area contributed by atoms with Gasteiger partial charge in [-0.2, -0.15) is 0 Å². The van der Waals surface area contributed by atoms with Crippen LogP contribution in [0.1, 0.15) is 19.8 Å². The van der Waals surface area contributed by atoms with Crippen LogP contribution in [0, 0.1) is 0 Å². The Morgan fingerprint density at radius 3 is 2.21 bits per heavy atom. The number of aliphatic carboxylic acids is 1. The van der Waals surface area contributed by atoms with Crippen LogP contribution in [0.5, 0.6) is 0 Å². The first kappa shape index (κ1) is 14.7. The van der Waals surface area contributed by atoms with E-state index in [-0.39, 0.29) is 18.7 Å². The molecule has 0 spiro atoms. The minimum atomic E-state index is -1.26. The van der Waals surface area contributed by atoms with Crippen LogP contribution < -0.4 is 15.3 Å². The first-order chi connectivity index (χ1) is 8.90. The predicted octanol–water partition coefficient (Wildman–Crippen LogP) is 0.138. The topological polar surface area (TPSA) is 89.5 Å². The van der Waals surface area contributed by atoms with Crippen molar-refractivity contribution in [1.29, 1.82) is 0 Å². The van der Waals surface area contributed by atoms with E-state index in [4.69, 9.17) is 0 Å². The molecule has 19 heavy (non-hydrogen) atoms. The Balaban J connectivity index is 2.59. The molecule has 1 N–H and O–H groups in total. The number of carbonyl (C=O) groups excluding carboxylic acids is 3. The molecule has 1 rings (SSSR count). The van der Waals surface area contributed by atoms with E-state index in [1.165, 1.54) is 11.8 Å². The summed E-state index contributed by atoms with van der Waals surface area (Å²) in [5, 5.41) is 12.8. The Morgan fingerprint density at radius 1 is 1.16 bits per heavy atom. The smallest absolute Gasteiger partial charge is 0.224 e. The molecule has 0 aliphatic carbocycles. The van der Waals surface area contributed by atoms with Gasteiger partial charge in [-0.15, -0.1) is 0 Å². The second-order valence-corrected chi connectivity index (χ2v) is 4.05. The number of hydrogen-bond acceptors (Lipinski definition) is 4. The Morgan fingerprint density at radius 2 is 1.74 bits per heavy atom. The van der Waals surface area contributed by atoms with E-state index in [1.54, 1.807) is 31.3 Å². The Hall–Kier alpha value is -2.37. The second kappa shape index (κ2) is 6.53. The van der Waals surface area contributed by atoms with E-state index in [9.17, 15) is 19.5 Å². The lowest BCUT2D eigenvalue weighted by Gasteiger charge is -2.15. The highest BCUT2D eigenvalue weighted by molar-refractivity contribution is 5.93. The molecule has 1 aromatic carbocycles. The fourth-order valence-corrected chi connectivity index (χ4v) is 1.39.